The Balaban J connectivity index is 1.30. The summed E-state index contributed by atoms with van der Waals surface area (Å²) in [5, 5.41) is 5.52. The van der Waals surface area contributed by atoms with Crippen LogP contribution in [0, 0.1) is 0 Å². The summed E-state index contributed by atoms with van der Waals surface area (Å²) in [5.41, 5.74) is -3.34. The minimum absolute atomic E-state index is 0.0416. The van der Waals surface area contributed by atoms with Crippen molar-refractivity contribution in [2.45, 2.75) is 41.9 Å². The second-order valence-electron chi connectivity index (χ2n) is 8.91. The molecule has 3 aromatic rings. The number of amides is 5. The zero-order valence-corrected chi connectivity index (χ0v) is 20.7. The predicted octanol–water partition coefficient (Wildman–Crippen LogP) is 5.52. The molecule has 0 bridgehead atoms. The average Bonchev–Trinajstić information content (AvgIpc) is 3.66. The molecule has 196 valence electrons. The summed E-state index contributed by atoms with van der Waals surface area (Å²) in [5.74, 6) is -0.414. The van der Waals surface area contributed by atoms with Gasteiger partial charge in [-0.2, -0.15) is 13.2 Å². The number of anilines is 2. The van der Waals surface area contributed by atoms with Crippen LogP contribution in [0.2, 0.25) is 0 Å². The number of aromatic nitrogens is 1. The third-order valence-electron chi connectivity index (χ3n) is 6.38. The van der Waals surface area contributed by atoms with Crippen LogP contribution in [0.25, 0.3) is 0 Å². The van der Waals surface area contributed by atoms with Crippen LogP contribution in [0.5, 0.6) is 0 Å². The fraction of sp³-hybridized carbons (Fsp3) is 0.231. The summed E-state index contributed by atoms with van der Waals surface area (Å²) in [4.78, 5) is 45.7. The van der Waals surface area contributed by atoms with Crippen molar-refractivity contribution in [3.8, 4) is 0 Å². The second-order valence-corrected chi connectivity index (χ2v) is 10.0. The van der Waals surface area contributed by atoms with Gasteiger partial charge >= 0.3 is 17.6 Å². The van der Waals surface area contributed by atoms with Crippen molar-refractivity contribution in [2.75, 3.05) is 10.2 Å². The van der Waals surface area contributed by atoms with Gasteiger partial charge in [0.25, 0.3) is 5.91 Å². The molecule has 1 aromatic heterocycles. The number of carbonyl (C=O) groups is 3. The lowest BCUT2D eigenvalue weighted by molar-refractivity contribution is -0.120. The minimum Gasteiger partial charge on any atom is -0.334 e. The van der Waals surface area contributed by atoms with Gasteiger partial charge < -0.3 is 15.5 Å². The third-order valence-corrected chi connectivity index (χ3v) is 7.12. The van der Waals surface area contributed by atoms with E-state index in [-0.39, 0.29) is 28.9 Å². The van der Waals surface area contributed by atoms with Gasteiger partial charge in [-0.25, -0.2) is 14.5 Å². The molecule has 2 aliphatic rings. The summed E-state index contributed by atoms with van der Waals surface area (Å²) < 4.78 is 38.0. The van der Waals surface area contributed by atoms with Gasteiger partial charge in [0.2, 0.25) is 0 Å². The number of halogens is 3. The van der Waals surface area contributed by atoms with Crippen LogP contribution < -0.4 is 15.5 Å². The molecule has 1 saturated carbocycles. The van der Waals surface area contributed by atoms with Crippen molar-refractivity contribution in [1.29, 1.82) is 0 Å². The van der Waals surface area contributed by atoms with Crippen LogP contribution in [-0.4, -0.2) is 38.9 Å². The summed E-state index contributed by atoms with van der Waals surface area (Å²) in [6.07, 6.45) is 3.94. The Morgan fingerprint density at radius 1 is 1.03 bits per heavy atom. The molecule has 2 heterocycles. The molecule has 2 fully saturated rings. The summed E-state index contributed by atoms with van der Waals surface area (Å²) >= 11 is -0.268. The first-order valence-electron chi connectivity index (χ1n) is 11.7. The molecule has 2 aromatic carbocycles. The maximum Gasteiger partial charge on any atom is 0.446 e. The zero-order valence-electron chi connectivity index (χ0n) is 19.9. The van der Waals surface area contributed by atoms with Gasteiger partial charge in [0.15, 0.2) is 0 Å². The number of pyridine rings is 1. The number of nitrogens with one attached hydrogen (secondary N) is 2. The van der Waals surface area contributed by atoms with Gasteiger partial charge in [0.1, 0.15) is 5.54 Å². The van der Waals surface area contributed by atoms with Crippen molar-refractivity contribution < 1.29 is 27.6 Å². The molecule has 0 atom stereocenters. The first-order valence-corrected chi connectivity index (χ1v) is 12.5. The van der Waals surface area contributed by atoms with Gasteiger partial charge in [0, 0.05) is 17.6 Å². The predicted molar refractivity (Wildman–Crippen MR) is 135 cm³/mol. The molecule has 1 aliphatic carbocycles. The van der Waals surface area contributed by atoms with Gasteiger partial charge in [0.05, 0.1) is 24.1 Å². The highest BCUT2D eigenvalue weighted by Gasteiger charge is 2.65. The number of hydrogen-bond donors (Lipinski definition) is 2. The topological polar surface area (TPSA) is 94.6 Å². The van der Waals surface area contributed by atoms with Crippen molar-refractivity contribution in [3.05, 3.63) is 84.2 Å². The van der Waals surface area contributed by atoms with Gasteiger partial charge in [-0.15, -0.1) is 0 Å². The number of thioether (sulfide) groups is 1. The largest absolute Gasteiger partial charge is 0.446 e. The van der Waals surface area contributed by atoms with E-state index in [9.17, 15) is 27.6 Å². The fourth-order valence-electron chi connectivity index (χ4n) is 4.35. The highest BCUT2D eigenvalue weighted by Crippen LogP contribution is 2.50. The second kappa shape index (κ2) is 10.0. The van der Waals surface area contributed by atoms with Crippen molar-refractivity contribution in [1.82, 2.24) is 15.2 Å². The van der Waals surface area contributed by atoms with Crippen LogP contribution in [-0.2, 0) is 17.9 Å². The number of benzene rings is 2. The lowest BCUT2D eigenvalue weighted by Crippen LogP contribution is -2.37. The highest BCUT2D eigenvalue weighted by atomic mass is 32.2. The van der Waals surface area contributed by atoms with Crippen molar-refractivity contribution in [2.24, 2.45) is 0 Å². The summed E-state index contributed by atoms with van der Waals surface area (Å²) in [7, 11) is 0. The monoisotopic (exact) mass is 541 g/mol. The van der Waals surface area contributed by atoms with Crippen molar-refractivity contribution in [3.63, 3.8) is 0 Å². The van der Waals surface area contributed by atoms with E-state index in [0.717, 1.165) is 10.5 Å². The first-order chi connectivity index (χ1) is 18.2. The Bertz CT molecular complexity index is 1360. The Hall–Kier alpha value is -4.06. The molecule has 8 nitrogen and oxygen atoms in total. The molecular formula is C26H22F3N5O3S. The molecule has 38 heavy (non-hydrogen) atoms. The van der Waals surface area contributed by atoms with E-state index >= 15 is 0 Å². The van der Waals surface area contributed by atoms with Crippen LogP contribution in [0.1, 0.15) is 24.0 Å². The summed E-state index contributed by atoms with van der Waals surface area (Å²) in [6.45, 7) is 0.361. The number of hydrogen-bond acceptors (Lipinski definition) is 5. The number of carbonyl (C=O) groups excluding carboxylic acids is 3. The quantitative estimate of drug-likeness (QED) is 0.304. The number of nitrogens with zero attached hydrogens (tertiary/aromatic N) is 3. The van der Waals surface area contributed by atoms with Gasteiger partial charge in [-0.05, 0) is 66.1 Å². The lowest BCUT2D eigenvalue weighted by Gasteiger charge is -2.23. The molecule has 5 rings (SSSR count). The Morgan fingerprint density at radius 3 is 2.39 bits per heavy atom. The molecular weight excluding hydrogens is 519 g/mol. The maximum absolute atomic E-state index is 13.4. The molecule has 5 amide bonds. The number of rotatable bonds is 7. The van der Waals surface area contributed by atoms with E-state index in [1.807, 2.05) is 30.3 Å². The smallest absolute Gasteiger partial charge is 0.334 e. The normalized spacial score (nSPS) is 16.2. The third kappa shape index (κ3) is 5.30. The van der Waals surface area contributed by atoms with E-state index < -0.39 is 29.0 Å². The van der Waals surface area contributed by atoms with Gasteiger partial charge in [-0.1, -0.05) is 30.3 Å². The molecule has 2 N–H and O–H groups in total. The van der Waals surface area contributed by atoms with E-state index in [2.05, 4.69) is 15.6 Å². The minimum atomic E-state index is -4.44. The number of urea groups is 2. The van der Waals surface area contributed by atoms with Crippen LogP contribution >= 0.6 is 11.8 Å². The molecule has 1 aliphatic heterocycles. The first kappa shape index (κ1) is 25.6. The SMILES string of the molecule is O=C(NCc1ccccc1)Nc1cnccc1CN1C(=O)N(c2ccc(SC(F)(F)F)cc2)C(=O)C12CC2. The van der Waals surface area contributed by atoms with Crippen LogP contribution in [0.15, 0.2) is 78.0 Å². The standard InChI is InChI=1S/C26H22F3N5O3S/c27-26(28,29)38-20-8-6-19(7-9-20)34-22(35)25(11-12-25)33(24(34)37)16-18-10-13-30-15-21(18)32-23(36)31-14-17-4-2-1-3-5-17/h1-10,13,15H,11-12,14,16H2,(H2,31,32,36). The van der Waals surface area contributed by atoms with E-state index in [4.69, 9.17) is 0 Å². The van der Waals surface area contributed by atoms with Gasteiger partial charge in [-0.3, -0.25) is 9.78 Å². The number of imide groups is 1. The average molecular weight is 542 g/mol. The van der Waals surface area contributed by atoms with E-state index in [1.165, 1.54) is 41.6 Å². The van der Waals surface area contributed by atoms with Crippen LogP contribution in [0.4, 0.5) is 34.1 Å². The molecule has 1 saturated heterocycles. The van der Waals surface area contributed by atoms with E-state index in [0.29, 0.717) is 30.6 Å². The molecule has 0 unspecified atom stereocenters. The zero-order chi connectivity index (χ0) is 26.9. The maximum atomic E-state index is 13.4. The highest BCUT2D eigenvalue weighted by molar-refractivity contribution is 8.00. The fourth-order valence-corrected chi connectivity index (χ4v) is 4.89. The molecule has 12 heteroatoms. The molecule has 0 radical (unpaired) electrons. The lowest BCUT2D eigenvalue weighted by atomic mass is 10.1. The Labute approximate surface area is 220 Å². The summed E-state index contributed by atoms with van der Waals surface area (Å²) in [6, 6.07) is 15.2. The number of alkyl halides is 3. The van der Waals surface area contributed by atoms with Crippen LogP contribution in [0.3, 0.4) is 0 Å². The Morgan fingerprint density at radius 2 is 1.74 bits per heavy atom. The molecule has 1 spiro atoms. The Kier molecular flexibility index (Phi) is 6.74. The van der Waals surface area contributed by atoms with Crippen molar-refractivity contribution >= 4 is 41.1 Å². The van der Waals surface area contributed by atoms with E-state index in [1.54, 1.807) is 6.07 Å².